The third-order valence-corrected chi connectivity index (χ3v) is 5.44. The molecule has 2 aromatic rings. The minimum atomic E-state index is -3.99. The van der Waals surface area contributed by atoms with Crippen molar-refractivity contribution in [1.82, 2.24) is 0 Å². The maximum atomic E-state index is 13.1. The molecular weight excluding hydrogens is 378 g/mol. The molecule has 0 heterocycles. The molecule has 2 aromatic carbocycles. The van der Waals surface area contributed by atoms with Crippen LogP contribution in [0.15, 0.2) is 53.4 Å². The molecule has 0 radical (unpaired) electrons. The summed E-state index contributed by atoms with van der Waals surface area (Å²) in [5, 5.41) is 0.416. The fraction of sp³-hybridized carbons (Fsp3) is 0.278. The molecule has 0 amide bonds. The number of carbonyl (C=O) groups is 1. The van der Waals surface area contributed by atoms with Crippen molar-refractivity contribution in [2.24, 2.45) is 0 Å². The number of ether oxygens (including phenoxy) is 2. The van der Waals surface area contributed by atoms with Crippen molar-refractivity contribution >= 4 is 33.3 Å². The third kappa shape index (κ3) is 4.89. The lowest BCUT2D eigenvalue weighted by Gasteiger charge is -2.24. The molecule has 0 aromatic heterocycles. The standard InChI is InChI=1S/C18H20ClNO5S/c1-13(2)25-18(21)12-20(15-6-8-16(24-3)9-7-15)26(22,23)17-10-4-14(19)5-11-17/h4-11,13H,12H2,1-3H3. The molecule has 0 aliphatic carbocycles. The first-order valence-corrected chi connectivity index (χ1v) is 9.67. The Balaban J connectivity index is 2.44. The molecule has 140 valence electrons. The van der Waals surface area contributed by atoms with Gasteiger partial charge in [0.1, 0.15) is 12.3 Å². The molecule has 8 heteroatoms. The van der Waals surface area contributed by atoms with Crippen LogP contribution in [-0.2, 0) is 19.6 Å². The van der Waals surface area contributed by atoms with Crippen molar-refractivity contribution in [1.29, 1.82) is 0 Å². The first-order valence-electron chi connectivity index (χ1n) is 7.86. The van der Waals surface area contributed by atoms with Gasteiger partial charge in [-0.05, 0) is 62.4 Å². The number of hydrogen-bond donors (Lipinski definition) is 0. The zero-order chi connectivity index (χ0) is 19.3. The van der Waals surface area contributed by atoms with Gasteiger partial charge >= 0.3 is 5.97 Å². The molecule has 26 heavy (non-hydrogen) atoms. The highest BCUT2D eigenvalue weighted by Crippen LogP contribution is 2.26. The van der Waals surface area contributed by atoms with Crippen LogP contribution >= 0.6 is 11.6 Å². The highest BCUT2D eigenvalue weighted by Gasteiger charge is 2.28. The van der Waals surface area contributed by atoms with E-state index in [2.05, 4.69) is 0 Å². The average molecular weight is 398 g/mol. The number of hydrogen-bond acceptors (Lipinski definition) is 5. The number of halogens is 1. The van der Waals surface area contributed by atoms with Crippen LogP contribution in [-0.4, -0.2) is 34.1 Å². The van der Waals surface area contributed by atoms with Crippen LogP contribution < -0.4 is 9.04 Å². The van der Waals surface area contributed by atoms with Gasteiger partial charge in [-0.2, -0.15) is 0 Å². The van der Waals surface area contributed by atoms with E-state index in [1.54, 1.807) is 38.1 Å². The van der Waals surface area contributed by atoms with Crippen molar-refractivity contribution in [2.45, 2.75) is 24.8 Å². The van der Waals surface area contributed by atoms with Gasteiger partial charge in [0.25, 0.3) is 10.0 Å². The molecule has 0 atom stereocenters. The molecule has 0 bridgehead atoms. The number of nitrogens with zero attached hydrogens (tertiary/aromatic N) is 1. The maximum Gasteiger partial charge on any atom is 0.327 e. The van der Waals surface area contributed by atoms with Gasteiger partial charge in [-0.15, -0.1) is 0 Å². The van der Waals surface area contributed by atoms with E-state index in [1.807, 2.05) is 0 Å². The highest BCUT2D eigenvalue weighted by molar-refractivity contribution is 7.92. The second-order valence-corrected chi connectivity index (χ2v) is 8.00. The largest absolute Gasteiger partial charge is 0.497 e. The molecule has 0 aliphatic rings. The monoisotopic (exact) mass is 397 g/mol. The first-order chi connectivity index (χ1) is 12.2. The van der Waals surface area contributed by atoms with Gasteiger partial charge in [-0.3, -0.25) is 9.10 Å². The molecule has 6 nitrogen and oxygen atoms in total. The van der Waals surface area contributed by atoms with Crippen molar-refractivity contribution in [2.75, 3.05) is 18.0 Å². The van der Waals surface area contributed by atoms with E-state index >= 15 is 0 Å². The topological polar surface area (TPSA) is 72.9 Å². The first kappa shape index (κ1) is 20.1. The van der Waals surface area contributed by atoms with Crippen molar-refractivity contribution in [3.63, 3.8) is 0 Å². The lowest BCUT2D eigenvalue weighted by molar-refractivity contribution is -0.145. The molecule has 0 N–H and O–H groups in total. The smallest absolute Gasteiger partial charge is 0.327 e. The Morgan fingerprint density at radius 2 is 1.65 bits per heavy atom. The minimum absolute atomic E-state index is 0.0232. The minimum Gasteiger partial charge on any atom is -0.497 e. The summed E-state index contributed by atoms with van der Waals surface area (Å²) in [5.74, 6) is -0.0734. The summed E-state index contributed by atoms with van der Waals surface area (Å²) in [6, 6.07) is 12.1. The molecule has 0 saturated heterocycles. The molecule has 0 unspecified atom stereocenters. The quantitative estimate of drug-likeness (QED) is 0.668. The molecule has 2 rings (SSSR count). The maximum absolute atomic E-state index is 13.1. The van der Waals surface area contributed by atoms with Crippen LogP contribution in [0.4, 0.5) is 5.69 Å². The van der Waals surface area contributed by atoms with E-state index in [0.29, 0.717) is 16.5 Å². The predicted molar refractivity (Wildman–Crippen MR) is 100 cm³/mol. The average Bonchev–Trinajstić information content (AvgIpc) is 2.59. The van der Waals surface area contributed by atoms with Crippen molar-refractivity contribution in [3.05, 3.63) is 53.6 Å². The lowest BCUT2D eigenvalue weighted by Crippen LogP contribution is -2.37. The second kappa shape index (κ2) is 8.42. The molecular formula is C18H20ClNO5S. The Labute approximate surface area is 158 Å². The van der Waals surface area contributed by atoms with E-state index < -0.39 is 22.5 Å². The summed E-state index contributed by atoms with van der Waals surface area (Å²) in [6.45, 7) is 2.95. The number of esters is 1. The number of anilines is 1. The van der Waals surface area contributed by atoms with Crippen LogP contribution in [0.25, 0.3) is 0 Å². The van der Waals surface area contributed by atoms with E-state index in [0.717, 1.165) is 4.31 Å². The molecule has 0 saturated carbocycles. The molecule has 0 aliphatic heterocycles. The van der Waals surface area contributed by atoms with Crippen molar-refractivity contribution in [3.8, 4) is 5.75 Å². The van der Waals surface area contributed by atoms with Gasteiger partial charge < -0.3 is 9.47 Å². The SMILES string of the molecule is COc1ccc(N(CC(=O)OC(C)C)S(=O)(=O)c2ccc(Cl)cc2)cc1. The Bertz CT molecular complexity index is 848. The number of methoxy groups -OCH3 is 1. The van der Waals surface area contributed by atoms with E-state index in [1.165, 1.54) is 31.4 Å². The number of carbonyl (C=O) groups excluding carboxylic acids is 1. The van der Waals surface area contributed by atoms with Gasteiger partial charge in [0.2, 0.25) is 0 Å². The Kier molecular flexibility index (Phi) is 6.50. The Morgan fingerprint density at radius 1 is 1.08 bits per heavy atom. The number of rotatable bonds is 7. The second-order valence-electron chi connectivity index (χ2n) is 5.70. The fourth-order valence-corrected chi connectivity index (χ4v) is 3.75. The summed E-state index contributed by atoms with van der Waals surface area (Å²) in [7, 11) is -2.48. The summed E-state index contributed by atoms with van der Waals surface area (Å²) in [4.78, 5) is 12.1. The summed E-state index contributed by atoms with van der Waals surface area (Å²) in [6.07, 6.45) is -0.349. The Hall–Kier alpha value is -2.25. The van der Waals surface area contributed by atoms with Crippen LogP contribution in [0.5, 0.6) is 5.75 Å². The van der Waals surface area contributed by atoms with Crippen molar-refractivity contribution < 1.29 is 22.7 Å². The zero-order valence-electron chi connectivity index (χ0n) is 14.7. The van der Waals surface area contributed by atoms with Crippen LogP contribution in [0.1, 0.15) is 13.8 Å². The fourth-order valence-electron chi connectivity index (χ4n) is 2.21. The number of sulfonamides is 1. The Morgan fingerprint density at radius 3 is 2.15 bits per heavy atom. The van der Waals surface area contributed by atoms with Gasteiger partial charge in [0.05, 0.1) is 23.8 Å². The summed E-state index contributed by atoms with van der Waals surface area (Å²) >= 11 is 5.84. The van der Waals surface area contributed by atoms with Crippen LogP contribution in [0.2, 0.25) is 5.02 Å². The normalized spacial score (nSPS) is 11.3. The number of benzene rings is 2. The van der Waals surface area contributed by atoms with E-state index in [-0.39, 0.29) is 11.0 Å². The third-order valence-electron chi connectivity index (χ3n) is 3.40. The van der Waals surface area contributed by atoms with Gasteiger partial charge in [0.15, 0.2) is 0 Å². The molecule has 0 fully saturated rings. The van der Waals surface area contributed by atoms with Gasteiger partial charge in [0, 0.05) is 5.02 Å². The zero-order valence-corrected chi connectivity index (χ0v) is 16.3. The lowest BCUT2D eigenvalue weighted by atomic mass is 10.3. The summed E-state index contributed by atoms with van der Waals surface area (Å²) < 4.78 is 37.3. The van der Waals surface area contributed by atoms with Crippen LogP contribution in [0, 0.1) is 0 Å². The van der Waals surface area contributed by atoms with Gasteiger partial charge in [-0.25, -0.2) is 8.42 Å². The van der Waals surface area contributed by atoms with E-state index in [4.69, 9.17) is 21.1 Å². The van der Waals surface area contributed by atoms with Crippen LogP contribution in [0.3, 0.4) is 0 Å². The molecule has 0 spiro atoms. The van der Waals surface area contributed by atoms with Gasteiger partial charge in [-0.1, -0.05) is 11.6 Å². The predicted octanol–water partition coefficient (Wildman–Crippen LogP) is 3.50. The summed E-state index contributed by atoms with van der Waals surface area (Å²) in [5.41, 5.74) is 0.321. The highest BCUT2D eigenvalue weighted by atomic mass is 35.5. The van der Waals surface area contributed by atoms with E-state index in [9.17, 15) is 13.2 Å².